The Balaban J connectivity index is 2.25. The molecule has 0 aromatic heterocycles. The molecule has 7 nitrogen and oxygen atoms in total. The van der Waals surface area contributed by atoms with Crippen molar-refractivity contribution in [1.29, 1.82) is 0 Å². The lowest BCUT2D eigenvalue weighted by Gasteiger charge is -2.09. The van der Waals surface area contributed by atoms with Gasteiger partial charge in [-0.3, -0.25) is 14.4 Å². The third-order valence-corrected chi connectivity index (χ3v) is 2.04. The van der Waals surface area contributed by atoms with Gasteiger partial charge in [0.05, 0.1) is 13.2 Å². The SMILES string of the molecule is CNCC(=O)OB(O)C(=O)NOCc1ccccc1. The number of carbonyl (C=O) groups excluding carboxylic acids is 2. The molecular formula is C11H15BN2O5. The standard InChI is InChI=1S/C11H15BN2O5/c1-13-7-10(15)19-12(17)11(16)14-18-8-9-5-3-2-4-6-9/h2-6,13,17H,7-8H2,1H3,(H,14,16). The molecule has 0 spiro atoms. The molecular weight excluding hydrogens is 251 g/mol. The number of carbonyl (C=O) groups is 2. The van der Waals surface area contributed by atoms with Crippen LogP contribution in [0.5, 0.6) is 0 Å². The monoisotopic (exact) mass is 266 g/mol. The van der Waals surface area contributed by atoms with Gasteiger partial charge in [0, 0.05) is 0 Å². The fourth-order valence-corrected chi connectivity index (χ4v) is 1.18. The predicted molar refractivity (Wildman–Crippen MR) is 67.8 cm³/mol. The van der Waals surface area contributed by atoms with E-state index < -0.39 is 18.9 Å². The Bertz CT molecular complexity index is 415. The summed E-state index contributed by atoms with van der Waals surface area (Å²) < 4.78 is 4.42. The topological polar surface area (TPSA) is 96.9 Å². The van der Waals surface area contributed by atoms with E-state index in [1.807, 2.05) is 35.8 Å². The van der Waals surface area contributed by atoms with E-state index >= 15 is 0 Å². The third-order valence-electron chi connectivity index (χ3n) is 2.04. The molecule has 0 radical (unpaired) electrons. The van der Waals surface area contributed by atoms with Crippen molar-refractivity contribution in [2.45, 2.75) is 6.61 Å². The molecule has 0 atom stereocenters. The van der Waals surface area contributed by atoms with Crippen LogP contribution in [0, 0.1) is 0 Å². The highest BCUT2D eigenvalue weighted by atomic mass is 16.7. The number of hydrogen-bond acceptors (Lipinski definition) is 6. The minimum absolute atomic E-state index is 0.102. The minimum atomic E-state index is -1.89. The highest BCUT2D eigenvalue weighted by molar-refractivity contribution is 6.80. The largest absolute Gasteiger partial charge is 0.626 e. The maximum absolute atomic E-state index is 11.3. The van der Waals surface area contributed by atoms with E-state index in [4.69, 9.17) is 4.84 Å². The number of likely N-dealkylation sites (N-methyl/N-ethyl adjacent to an activating group) is 1. The van der Waals surface area contributed by atoms with Crippen LogP contribution in [0.3, 0.4) is 0 Å². The first kappa shape index (κ1) is 15.2. The second-order valence-corrected chi connectivity index (χ2v) is 3.61. The van der Waals surface area contributed by atoms with Crippen LogP contribution in [0.15, 0.2) is 30.3 Å². The zero-order chi connectivity index (χ0) is 14.1. The number of amides is 1. The van der Waals surface area contributed by atoms with Crippen molar-refractivity contribution in [2.75, 3.05) is 13.6 Å². The Morgan fingerprint density at radius 3 is 2.63 bits per heavy atom. The van der Waals surface area contributed by atoms with Crippen molar-refractivity contribution < 1.29 is 24.1 Å². The molecule has 102 valence electrons. The molecule has 19 heavy (non-hydrogen) atoms. The van der Waals surface area contributed by atoms with Gasteiger partial charge in [-0.05, 0) is 12.6 Å². The molecule has 0 saturated carbocycles. The van der Waals surface area contributed by atoms with Gasteiger partial charge in [0.1, 0.15) is 0 Å². The summed E-state index contributed by atoms with van der Waals surface area (Å²) in [6.45, 7) is 0.0406. The summed E-state index contributed by atoms with van der Waals surface area (Å²) in [7, 11) is -0.354. The maximum Gasteiger partial charge on any atom is 0.626 e. The number of rotatable bonds is 7. The molecule has 0 heterocycles. The second kappa shape index (κ2) is 8.25. The van der Waals surface area contributed by atoms with Crippen LogP contribution in [-0.2, 0) is 20.9 Å². The fourth-order valence-electron chi connectivity index (χ4n) is 1.18. The Morgan fingerprint density at radius 1 is 1.32 bits per heavy atom. The van der Waals surface area contributed by atoms with Crippen LogP contribution in [0.4, 0.5) is 4.79 Å². The van der Waals surface area contributed by atoms with Crippen molar-refractivity contribution >= 4 is 18.9 Å². The first-order valence-electron chi connectivity index (χ1n) is 5.61. The average molecular weight is 266 g/mol. The van der Waals surface area contributed by atoms with Gasteiger partial charge in [0.15, 0.2) is 0 Å². The van der Waals surface area contributed by atoms with E-state index in [9.17, 15) is 14.6 Å². The summed E-state index contributed by atoms with van der Waals surface area (Å²) in [4.78, 5) is 27.2. The highest BCUT2D eigenvalue weighted by Gasteiger charge is 2.29. The van der Waals surface area contributed by atoms with Gasteiger partial charge >= 0.3 is 13.1 Å². The molecule has 3 N–H and O–H groups in total. The molecule has 0 unspecified atom stereocenters. The van der Waals surface area contributed by atoms with Gasteiger partial charge in [-0.1, -0.05) is 30.3 Å². The van der Waals surface area contributed by atoms with E-state index in [0.717, 1.165) is 5.56 Å². The van der Waals surface area contributed by atoms with Crippen molar-refractivity contribution in [1.82, 2.24) is 10.8 Å². The molecule has 0 fully saturated rings. The van der Waals surface area contributed by atoms with Crippen LogP contribution in [0.25, 0.3) is 0 Å². The number of hydroxylamine groups is 1. The lowest BCUT2D eigenvalue weighted by atomic mass is 9.90. The lowest BCUT2D eigenvalue weighted by molar-refractivity contribution is -0.134. The summed E-state index contributed by atoms with van der Waals surface area (Å²) >= 11 is 0. The van der Waals surface area contributed by atoms with Crippen molar-refractivity contribution in [3.8, 4) is 0 Å². The molecule has 1 rings (SSSR count). The first-order chi connectivity index (χ1) is 9.13. The van der Waals surface area contributed by atoms with Crippen LogP contribution >= 0.6 is 0 Å². The van der Waals surface area contributed by atoms with Crippen molar-refractivity contribution in [3.05, 3.63) is 35.9 Å². The van der Waals surface area contributed by atoms with Gasteiger partial charge < -0.3 is 15.0 Å². The molecule has 0 aliphatic carbocycles. The van der Waals surface area contributed by atoms with Crippen molar-refractivity contribution in [3.63, 3.8) is 0 Å². The normalized spacial score (nSPS) is 9.79. The smallest absolute Gasteiger partial charge is 0.502 e. The van der Waals surface area contributed by atoms with Crippen LogP contribution in [-0.4, -0.2) is 37.5 Å². The molecule has 1 aromatic carbocycles. The summed E-state index contributed by atoms with van der Waals surface area (Å²) in [5.41, 5.74) is 2.84. The van der Waals surface area contributed by atoms with Gasteiger partial charge in [-0.15, -0.1) is 0 Å². The van der Waals surface area contributed by atoms with Crippen molar-refractivity contribution in [2.24, 2.45) is 0 Å². The highest BCUT2D eigenvalue weighted by Crippen LogP contribution is 1.99. The third kappa shape index (κ3) is 6.00. The lowest BCUT2D eigenvalue weighted by Crippen LogP contribution is -2.42. The molecule has 0 aliphatic rings. The Morgan fingerprint density at radius 2 is 2.00 bits per heavy atom. The van der Waals surface area contributed by atoms with Gasteiger partial charge in [0.2, 0.25) is 0 Å². The summed E-state index contributed by atoms with van der Waals surface area (Å²) in [6, 6.07) is 9.14. The minimum Gasteiger partial charge on any atom is -0.502 e. The Hall–Kier alpha value is -1.90. The summed E-state index contributed by atoms with van der Waals surface area (Å²) in [6.07, 6.45) is 0. The number of nitrogens with one attached hydrogen (secondary N) is 2. The van der Waals surface area contributed by atoms with Gasteiger partial charge in [-0.25, -0.2) is 5.48 Å². The fraction of sp³-hybridized carbons (Fsp3) is 0.273. The first-order valence-corrected chi connectivity index (χ1v) is 5.61. The van der Waals surface area contributed by atoms with Gasteiger partial charge in [0.25, 0.3) is 5.81 Å². The molecule has 0 saturated heterocycles. The van der Waals surface area contributed by atoms with E-state index in [-0.39, 0.29) is 13.2 Å². The molecule has 0 bridgehead atoms. The van der Waals surface area contributed by atoms with E-state index in [0.29, 0.717) is 0 Å². The zero-order valence-electron chi connectivity index (χ0n) is 10.5. The van der Waals surface area contributed by atoms with Gasteiger partial charge in [-0.2, -0.15) is 0 Å². The molecule has 0 aliphatic heterocycles. The summed E-state index contributed by atoms with van der Waals surface area (Å²) in [5, 5.41) is 11.8. The Labute approximate surface area is 111 Å². The van der Waals surface area contributed by atoms with E-state index in [1.165, 1.54) is 7.05 Å². The molecule has 8 heteroatoms. The zero-order valence-corrected chi connectivity index (χ0v) is 10.5. The quantitative estimate of drug-likeness (QED) is 0.461. The number of benzene rings is 1. The molecule has 1 amide bonds. The van der Waals surface area contributed by atoms with Crippen LogP contribution in [0.2, 0.25) is 0 Å². The Kier molecular flexibility index (Phi) is 6.58. The van der Waals surface area contributed by atoms with E-state index in [1.54, 1.807) is 0 Å². The molecule has 1 aromatic rings. The average Bonchev–Trinajstić information content (AvgIpc) is 2.40. The van der Waals surface area contributed by atoms with Crippen LogP contribution < -0.4 is 10.8 Å². The second-order valence-electron chi connectivity index (χ2n) is 3.61. The predicted octanol–water partition coefficient (Wildman–Crippen LogP) is -0.347. The maximum atomic E-state index is 11.3. The van der Waals surface area contributed by atoms with Crippen LogP contribution in [0.1, 0.15) is 5.56 Å². The summed E-state index contributed by atoms with van der Waals surface area (Å²) in [5.74, 6) is -1.69. The number of hydrogen-bond donors (Lipinski definition) is 3. The van der Waals surface area contributed by atoms with E-state index in [2.05, 4.69) is 9.97 Å².